The van der Waals surface area contributed by atoms with Gasteiger partial charge in [-0.25, -0.2) is 0 Å². The lowest BCUT2D eigenvalue weighted by Crippen LogP contribution is -2.00. The first-order chi connectivity index (χ1) is 8.29. The van der Waals surface area contributed by atoms with Gasteiger partial charge < -0.3 is 10.4 Å². The minimum atomic E-state index is 0.0952. The molecule has 0 aromatic heterocycles. The zero-order valence-electron chi connectivity index (χ0n) is 9.36. The van der Waals surface area contributed by atoms with Gasteiger partial charge in [0.1, 0.15) is 0 Å². The summed E-state index contributed by atoms with van der Waals surface area (Å²) in [5.41, 5.74) is 3.21. The third-order valence-electron chi connectivity index (χ3n) is 2.56. The number of aliphatic hydroxyl groups excluding tert-OH is 1. The maximum absolute atomic E-state index is 8.95. The van der Waals surface area contributed by atoms with E-state index >= 15 is 0 Å². The summed E-state index contributed by atoms with van der Waals surface area (Å²) in [5.74, 6) is 0. The molecule has 0 aliphatic rings. The minimum Gasteiger partial charge on any atom is -0.392 e. The molecule has 2 rings (SSSR count). The van der Waals surface area contributed by atoms with E-state index in [1.807, 2.05) is 48.5 Å². The van der Waals surface area contributed by atoms with Crippen molar-refractivity contribution in [1.82, 2.24) is 0 Å². The van der Waals surface area contributed by atoms with Gasteiger partial charge in [-0.3, -0.25) is 0 Å². The molecule has 2 N–H and O–H groups in total. The SMILES string of the molecule is OCc1ccc(CNc2ccccc2Br)cc1. The van der Waals surface area contributed by atoms with E-state index in [4.69, 9.17) is 5.11 Å². The van der Waals surface area contributed by atoms with Gasteiger partial charge in [0, 0.05) is 16.7 Å². The Labute approximate surface area is 109 Å². The van der Waals surface area contributed by atoms with Crippen LogP contribution in [0.1, 0.15) is 11.1 Å². The van der Waals surface area contributed by atoms with Crippen LogP contribution < -0.4 is 5.32 Å². The number of hydrogen-bond acceptors (Lipinski definition) is 2. The molecule has 0 radical (unpaired) electrons. The first-order valence-corrected chi connectivity index (χ1v) is 6.26. The summed E-state index contributed by atoms with van der Waals surface area (Å²) < 4.78 is 1.06. The zero-order chi connectivity index (χ0) is 12.1. The third-order valence-corrected chi connectivity index (χ3v) is 3.25. The number of para-hydroxylation sites is 1. The van der Waals surface area contributed by atoms with E-state index in [9.17, 15) is 0 Å². The van der Waals surface area contributed by atoms with Crippen molar-refractivity contribution in [2.45, 2.75) is 13.2 Å². The number of anilines is 1. The first kappa shape index (κ1) is 12.1. The Morgan fingerprint density at radius 3 is 2.24 bits per heavy atom. The second-order valence-electron chi connectivity index (χ2n) is 3.81. The highest BCUT2D eigenvalue weighted by atomic mass is 79.9. The molecule has 0 saturated heterocycles. The molecule has 2 aromatic carbocycles. The quantitative estimate of drug-likeness (QED) is 0.903. The average Bonchev–Trinajstić information content (AvgIpc) is 2.38. The van der Waals surface area contributed by atoms with Gasteiger partial charge >= 0.3 is 0 Å². The maximum atomic E-state index is 8.95. The number of benzene rings is 2. The van der Waals surface area contributed by atoms with Crippen molar-refractivity contribution in [3.05, 3.63) is 64.1 Å². The topological polar surface area (TPSA) is 32.3 Å². The lowest BCUT2D eigenvalue weighted by molar-refractivity contribution is 0.282. The summed E-state index contributed by atoms with van der Waals surface area (Å²) in [5, 5.41) is 12.3. The maximum Gasteiger partial charge on any atom is 0.0681 e. The van der Waals surface area contributed by atoms with E-state index in [0.29, 0.717) is 0 Å². The van der Waals surface area contributed by atoms with E-state index in [1.165, 1.54) is 5.56 Å². The second kappa shape index (κ2) is 5.84. The molecule has 2 nitrogen and oxygen atoms in total. The summed E-state index contributed by atoms with van der Waals surface area (Å²) in [6.07, 6.45) is 0. The van der Waals surface area contributed by atoms with Gasteiger partial charge in [-0.05, 0) is 39.2 Å². The van der Waals surface area contributed by atoms with Gasteiger partial charge in [0.15, 0.2) is 0 Å². The normalized spacial score (nSPS) is 10.2. The zero-order valence-corrected chi connectivity index (χ0v) is 10.9. The molecule has 0 saturated carbocycles. The van der Waals surface area contributed by atoms with Crippen LogP contribution in [0.2, 0.25) is 0 Å². The largest absolute Gasteiger partial charge is 0.392 e. The molecule has 88 valence electrons. The molecule has 0 spiro atoms. The van der Waals surface area contributed by atoms with E-state index in [0.717, 1.165) is 22.3 Å². The Morgan fingerprint density at radius 2 is 1.59 bits per heavy atom. The van der Waals surface area contributed by atoms with Crippen molar-refractivity contribution >= 4 is 21.6 Å². The fraction of sp³-hybridized carbons (Fsp3) is 0.143. The van der Waals surface area contributed by atoms with Crippen molar-refractivity contribution < 1.29 is 5.11 Å². The van der Waals surface area contributed by atoms with Gasteiger partial charge in [-0.15, -0.1) is 0 Å². The Balaban J connectivity index is 2.00. The van der Waals surface area contributed by atoms with Crippen LogP contribution in [0.15, 0.2) is 53.0 Å². The Morgan fingerprint density at radius 1 is 0.941 bits per heavy atom. The van der Waals surface area contributed by atoms with E-state index in [-0.39, 0.29) is 6.61 Å². The van der Waals surface area contributed by atoms with Gasteiger partial charge in [-0.1, -0.05) is 36.4 Å². The highest BCUT2D eigenvalue weighted by Crippen LogP contribution is 2.21. The van der Waals surface area contributed by atoms with Crippen molar-refractivity contribution in [2.75, 3.05) is 5.32 Å². The number of rotatable bonds is 4. The van der Waals surface area contributed by atoms with E-state index in [1.54, 1.807) is 0 Å². The van der Waals surface area contributed by atoms with Gasteiger partial charge in [0.25, 0.3) is 0 Å². The van der Waals surface area contributed by atoms with E-state index in [2.05, 4.69) is 21.2 Å². The molecule has 3 heteroatoms. The molecule has 0 bridgehead atoms. The predicted molar refractivity (Wildman–Crippen MR) is 73.8 cm³/mol. The summed E-state index contributed by atoms with van der Waals surface area (Å²) in [7, 11) is 0. The van der Waals surface area contributed by atoms with Crippen LogP contribution in [0.25, 0.3) is 0 Å². The molecule has 17 heavy (non-hydrogen) atoms. The highest BCUT2D eigenvalue weighted by molar-refractivity contribution is 9.10. The number of aliphatic hydroxyl groups is 1. The minimum absolute atomic E-state index is 0.0952. The van der Waals surface area contributed by atoms with Crippen LogP contribution in [0.4, 0.5) is 5.69 Å². The van der Waals surface area contributed by atoms with Crippen LogP contribution in [-0.2, 0) is 13.2 Å². The van der Waals surface area contributed by atoms with Crippen molar-refractivity contribution in [1.29, 1.82) is 0 Å². The monoisotopic (exact) mass is 291 g/mol. The van der Waals surface area contributed by atoms with Crippen LogP contribution in [0.5, 0.6) is 0 Å². The average molecular weight is 292 g/mol. The molecule has 0 heterocycles. The summed E-state index contributed by atoms with van der Waals surface area (Å²) in [6, 6.07) is 16.0. The van der Waals surface area contributed by atoms with Crippen molar-refractivity contribution in [2.24, 2.45) is 0 Å². The van der Waals surface area contributed by atoms with Crippen molar-refractivity contribution in [3.8, 4) is 0 Å². The lowest BCUT2D eigenvalue weighted by atomic mass is 10.1. The molecule has 0 amide bonds. The summed E-state index contributed by atoms with van der Waals surface area (Å²) >= 11 is 3.50. The summed E-state index contributed by atoms with van der Waals surface area (Å²) in [4.78, 5) is 0. The first-order valence-electron chi connectivity index (χ1n) is 5.46. The van der Waals surface area contributed by atoms with Crippen LogP contribution >= 0.6 is 15.9 Å². The number of nitrogens with one attached hydrogen (secondary N) is 1. The molecular formula is C14H14BrNO. The molecule has 0 aliphatic carbocycles. The smallest absolute Gasteiger partial charge is 0.0681 e. The molecule has 0 atom stereocenters. The fourth-order valence-electron chi connectivity index (χ4n) is 1.56. The molecule has 0 unspecified atom stereocenters. The molecule has 2 aromatic rings. The predicted octanol–water partition coefficient (Wildman–Crippen LogP) is 3.55. The lowest BCUT2D eigenvalue weighted by Gasteiger charge is -2.08. The Bertz CT molecular complexity index is 482. The summed E-state index contributed by atoms with van der Waals surface area (Å²) in [6.45, 7) is 0.867. The molecule has 0 fully saturated rings. The van der Waals surface area contributed by atoms with Crippen molar-refractivity contribution in [3.63, 3.8) is 0 Å². The Kier molecular flexibility index (Phi) is 4.18. The van der Waals surface area contributed by atoms with Crippen LogP contribution in [-0.4, -0.2) is 5.11 Å². The van der Waals surface area contributed by atoms with Gasteiger partial charge in [-0.2, -0.15) is 0 Å². The number of hydrogen-bond donors (Lipinski definition) is 2. The van der Waals surface area contributed by atoms with Gasteiger partial charge in [0.05, 0.1) is 6.61 Å². The number of halogens is 1. The fourth-order valence-corrected chi connectivity index (χ4v) is 1.99. The van der Waals surface area contributed by atoms with Gasteiger partial charge in [0.2, 0.25) is 0 Å². The second-order valence-corrected chi connectivity index (χ2v) is 4.66. The van der Waals surface area contributed by atoms with Crippen LogP contribution in [0.3, 0.4) is 0 Å². The molecular weight excluding hydrogens is 278 g/mol. The highest BCUT2D eigenvalue weighted by Gasteiger charge is 1.98. The molecule has 0 aliphatic heterocycles. The Hall–Kier alpha value is -1.32. The standard InChI is InChI=1S/C14H14BrNO/c15-13-3-1-2-4-14(13)16-9-11-5-7-12(10-17)8-6-11/h1-8,16-17H,9-10H2. The van der Waals surface area contributed by atoms with E-state index < -0.39 is 0 Å². The van der Waals surface area contributed by atoms with Crippen LogP contribution in [0, 0.1) is 0 Å². The third kappa shape index (κ3) is 3.32.